The number of benzene rings is 1. The Kier molecular flexibility index (Phi) is 11.9. The van der Waals surface area contributed by atoms with E-state index in [1.165, 1.54) is 24.4 Å². The Bertz CT molecular complexity index is 1330. The Morgan fingerprint density at radius 3 is 1.67 bits per heavy atom. The third-order valence-electron chi connectivity index (χ3n) is 6.62. The van der Waals surface area contributed by atoms with Gasteiger partial charge in [-0.1, -0.05) is 12.1 Å². The van der Waals surface area contributed by atoms with E-state index in [1.54, 1.807) is 89.2 Å². The second kappa shape index (κ2) is 14.3. The zero-order valence-corrected chi connectivity index (χ0v) is 28.9. The molecule has 0 amide bonds. The SMILES string of the molecule is CC(C)(C)C(=O)OC[C@H]1OC(/N=C/c2cccc([N+](=O)[O-])c2)[C@H](OC(=O)C(C)(C)C)[C@@H](OC(=O)C(C)(C)C)[C@@H]1OC(=O)C(C)(C)C. The molecule has 0 spiro atoms. The molecule has 0 saturated carbocycles. The van der Waals surface area contributed by atoms with Crippen molar-refractivity contribution < 1.29 is 47.8 Å². The fourth-order valence-corrected chi connectivity index (χ4v) is 3.70. The quantitative estimate of drug-likeness (QED) is 0.119. The molecule has 1 saturated heterocycles. The van der Waals surface area contributed by atoms with E-state index < -0.39 is 87.7 Å². The van der Waals surface area contributed by atoms with Crippen LogP contribution in [0.25, 0.3) is 0 Å². The van der Waals surface area contributed by atoms with Gasteiger partial charge in [-0.25, -0.2) is 0 Å². The van der Waals surface area contributed by atoms with Crippen LogP contribution in [-0.4, -0.2) is 72.3 Å². The number of hydrogen-bond acceptors (Lipinski definition) is 12. The van der Waals surface area contributed by atoms with Gasteiger partial charge >= 0.3 is 23.9 Å². The average molecular weight is 649 g/mol. The fourth-order valence-electron chi connectivity index (χ4n) is 3.70. The molecule has 1 aliphatic heterocycles. The molecule has 1 aliphatic rings. The first kappa shape index (κ1) is 38.3. The van der Waals surface area contributed by atoms with Gasteiger partial charge in [-0.15, -0.1) is 0 Å². The first-order valence-electron chi connectivity index (χ1n) is 15.1. The van der Waals surface area contributed by atoms with E-state index >= 15 is 0 Å². The normalized spacial score (nSPS) is 22.6. The van der Waals surface area contributed by atoms with Crippen molar-refractivity contribution in [3.05, 3.63) is 39.9 Å². The van der Waals surface area contributed by atoms with Crippen LogP contribution < -0.4 is 0 Å². The summed E-state index contributed by atoms with van der Waals surface area (Å²) in [4.78, 5) is 67.9. The van der Waals surface area contributed by atoms with Gasteiger partial charge in [-0.2, -0.15) is 0 Å². The number of carbonyl (C=O) groups excluding carboxylic acids is 4. The largest absolute Gasteiger partial charge is 0.462 e. The van der Waals surface area contributed by atoms with Crippen LogP contribution in [0.3, 0.4) is 0 Å². The molecule has 0 aromatic heterocycles. The van der Waals surface area contributed by atoms with Gasteiger partial charge in [0, 0.05) is 18.3 Å². The minimum Gasteiger partial charge on any atom is -0.462 e. The number of aliphatic imine (C=N–C) groups is 1. The highest BCUT2D eigenvalue weighted by atomic mass is 16.7. The van der Waals surface area contributed by atoms with E-state index in [2.05, 4.69) is 4.99 Å². The van der Waals surface area contributed by atoms with Crippen LogP contribution in [0, 0.1) is 31.8 Å². The molecule has 0 radical (unpaired) electrons. The maximum Gasteiger partial charge on any atom is 0.311 e. The molecule has 1 aromatic carbocycles. The maximum absolute atomic E-state index is 13.3. The lowest BCUT2D eigenvalue weighted by Crippen LogP contribution is -2.63. The third kappa shape index (κ3) is 10.6. The molecule has 5 atom stereocenters. The summed E-state index contributed by atoms with van der Waals surface area (Å²) < 4.78 is 29.6. The lowest BCUT2D eigenvalue weighted by molar-refractivity contribution is -0.384. The predicted octanol–water partition coefficient (Wildman–Crippen LogP) is 5.20. The maximum atomic E-state index is 13.3. The van der Waals surface area contributed by atoms with Gasteiger partial charge < -0.3 is 23.7 Å². The molecule has 0 N–H and O–H groups in total. The van der Waals surface area contributed by atoms with Gasteiger partial charge in [0.15, 0.2) is 24.5 Å². The van der Waals surface area contributed by atoms with E-state index in [4.69, 9.17) is 23.7 Å². The molecule has 1 fully saturated rings. The molecular formula is C33H48N2O11. The molecule has 2 rings (SSSR count). The molecule has 46 heavy (non-hydrogen) atoms. The van der Waals surface area contributed by atoms with Crippen molar-refractivity contribution in [1.29, 1.82) is 0 Å². The van der Waals surface area contributed by atoms with Crippen molar-refractivity contribution in [2.24, 2.45) is 26.7 Å². The van der Waals surface area contributed by atoms with Crippen LogP contribution in [0.1, 0.15) is 88.6 Å². The van der Waals surface area contributed by atoms with Crippen LogP contribution in [-0.2, 0) is 42.9 Å². The van der Waals surface area contributed by atoms with Crippen molar-refractivity contribution >= 4 is 35.8 Å². The number of carbonyl (C=O) groups is 4. The van der Waals surface area contributed by atoms with E-state index in [1.807, 2.05) is 0 Å². The zero-order valence-electron chi connectivity index (χ0n) is 28.9. The van der Waals surface area contributed by atoms with Crippen LogP contribution in [0.15, 0.2) is 29.3 Å². The molecule has 0 aliphatic carbocycles. The zero-order chi connectivity index (χ0) is 35.4. The number of non-ortho nitro benzene ring substituents is 1. The Morgan fingerprint density at radius 2 is 1.22 bits per heavy atom. The minimum atomic E-state index is -1.45. The summed E-state index contributed by atoms with van der Waals surface area (Å²) >= 11 is 0. The number of nitrogens with zero attached hydrogens (tertiary/aromatic N) is 2. The summed E-state index contributed by atoms with van der Waals surface area (Å²) in [5.74, 6) is -2.63. The second-order valence-electron chi connectivity index (χ2n) is 15.4. The number of rotatable bonds is 8. The topological polar surface area (TPSA) is 170 Å². The highest BCUT2D eigenvalue weighted by molar-refractivity contribution is 5.81. The molecule has 256 valence electrons. The van der Waals surface area contributed by atoms with E-state index in [-0.39, 0.29) is 5.69 Å². The summed E-state index contributed by atoms with van der Waals surface area (Å²) in [5.41, 5.74) is -3.76. The van der Waals surface area contributed by atoms with Crippen molar-refractivity contribution in [2.45, 2.75) is 114 Å². The molecule has 1 unspecified atom stereocenters. The average Bonchev–Trinajstić information content (AvgIpc) is 2.90. The van der Waals surface area contributed by atoms with Crippen LogP contribution in [0.5, 0.6) is 0 Å². The Balaban J connectivity index is 2.75. The standard InChI is InChI=1S/C33H48N2O11/c1-30(2,3)26(36)42-18-21-22(44-27(37)31(4,5)6)23(45-28(38)32(7,8)9)24(46-29(39)33(10,11)12)25(43-21)34-17-19-14-13-15-20(16-19)35(40)41/h13-17,21-25H,18H2,1-12H3/b34-17+/t21-,22-,23+,24-,25?/m1/s1. The van der Waals surface area contributed by atoms with Crippen molar-refractivity contribution in [2.75, 3.05) is 6.61 Å². The molecule has 1 aromatic rings. The predicted molar refractivity (Wildman–Crippen MR) is 168 cm³/mol. The first-order valence-corrected chi connectivity index (χ1v) is 15.1. The third-order valence-corrected chi connectivity index (χ3v) is 6.62. The van der Waals surface area contributed by atoms with Crippen molar-refractivity contribution in [3.8, 4) is 0 Å². The number of esters is 4. The number of ether oxygens (including phenoxy) is 5. The summed E-state index contributed by atoms with van der Waals surface area (Å²) in [7, 11) is 0. The van der Waals surface area contributed by atoms with Gasteiger partial charge in [0.1, 0.15) is 12.7 Å². The van der Waals surface area contributed by atoms with Crippen LogP contribution >= 0.6 is 0 Å². The van der Waals surface area contributed by atoms with Gasteiger partial charge in [-0.3, -0.25) is 34.3 Å². The smallest absolute Gasteiger partial charge is 0.311 e. The van der Waals surface area contributed by atoms with Gasteiger partial charge in [0.2, 0.25) is 0 Å². The van der Waals surface area contributed by atoms with Gasteiger partial charge in [-0.05, 0) is 88.6 Å². The Labute approximate surface area is 270 Å². The van der Waals surface area contributed by atoms with Gasteiger partial charge in [0.05, 0.1) is 26.6 Å². The second-order valence-corrected chi connectivity index (χ2v) is 15.4. The summed E-state index contributed by atoms with van der Waals surface area (Å²) in [6, 6.07) is 5.65. The molecular weight excluding hydrogens is 600 g/mol. The fraction of sp³-hybridized carbons (Fsp3) is 0.667. The monoisotopic (exact) mass is 648 g/mol. The highest BCUT2D eigenvalue weighted by Gasteiger charge is 2.54. The highest BCUT2D eigenvalue weighted by Crippen LogP contribution is 2.34. The van der Waals surface area contributed by atoms with E-state index in [9.17, 15) is 29.3 Å². The summed E-state index contributed by atoms with van der Waals surface area (Å²) in [6.07, 6.45) is -5.62. The van der Waals surface area contributed by atoms with E-state index in [0.29, 0.717) is 5.56 Å². The van der Waals surface area contributed by atoms with Crippen LogP contribution in [0.2, 0.25) is 0 Å². The first-order chi connectivity index (χ1) is 20.8. The summed E-state index contributed by atoms with van der Waals surface area (Å²) in [6.45, 7) is 19.2. The number of nitro benzene ring substituents is 1. The number of hydrogen-bond donors (Lipinski definition) is 0. The van der Waals surface area contributed by atoms with Crippen molar-refractivity contribution in [1.82, 2.24) is 0 Å². The molecule has 1 heterocycles. The Hall–Kier alpha value is -3.87. The lowest BCUT2D eigenvalue weighted by atomic mass is 9.92. The van der Waals surface area contributed by atoms with Gasteiger partial charge in [0.25, 0.3) is 5.69 Å². The lowest BCUT2D eigenvalue weighted by Gasteiger charge is -2.45. The summed E-state index contributed by atoms with van der Waals surface area (Å²) in [5, 5.41) is 11.3. The van der Waals surface area contributed by atoms with Crippen LogP contribution in [0.4, 0.5) is 5.69 Å². The molecule has 0 bridgehead atoms. The van der Waals surface area contributed by atoms with Crippen molar-refractivity contribution in [3.63, 3.8) is 0 Å². The number of nitro groups is 1. The molecule has 13 heteroatoms. The Morgan fingerprint density at radius 1 is 0.761 bits per heavy atom. The van der Waals surface area contributed by atoms with E-state index in [0.717, 1.165) is 0 Å². The minimum absolute atomic E-state index is 0.178. The molecule has 13 nitrogen and oxygen atoms in total.